The molecule has 2 aromatic rings. The number of aromatic nitrogens is 2. The minimum absolute atomic E-state index is 0. The molecule has 1 aromatic heterocycles. The van der Waals surface area contributed by atoms with Gasteiger partial charge in [0.05, 0.1) is 12.2 Å². The lowest BCUT2D eigenvalue weighted by Crippen LogP contribution is -2.41. The molecule has 2 rings (SSSR count). The number of hydrogen-bond acceptors (Lipinski definition) is 4. The van der Waals surface area contributed by atoms with Crippen LogP contribution in [-0.4, -0.2) is 53.9 Å². The van der Waals surface area contributed by atoms with Crippen molar-refractivity contribution in [3.8, 4) is 5.75 Å². The average Bonchev–Trinajstić information content (AvgIpc) is 3.03. The summed E-state index contributed by atoms with van der Waals surface area (Å²) in [5.41, 5.74) is 2.02. The van der Waals surface area contributed by atoms with Gasteiger partial charge >= 0.3 is 0 Å². The minimum Gasteiger partial charge on any atom is -0.488 e. The maximum atomic E-state index is 6.07. The lowest BCUT2D eigenvalue weighted by atomic mass is 10.1. The zero-order valence-electron chi connectivity index (χ0n) is 18.6. The van der Waals surface area contributed by atoms with Gasteiger partial charge in [-0.25, -0.2) is 0 Å². The molecule has 29 heavy (non-hydrogen) atoms. The number of halogens is 1. The van der Waals surface area contributed by atoms with Crippen LogP contribution in [0.15, 0.2) is 41.7 Å². The first-order chi connectivity index (χ1) is 13.2. The van der Waals surface area contributed by atoms with Gasteiger partial charge in [-0.1, -0.05) is 18.2 Å². The number of para-hydroxylation sites is 1. The van der Waals surface area contributed by atoms with Crippen molar-refractivity contribution in [3.05, 3.63) is 47.8 Å². The average molecular weight is 514 g/mol. The second kappa shape index (κ2) is 11.4. The zero-order chi connectivity index (χ0) is 20.7. The smallest absolute Gasteiger partial charge is 0.191 e. The Hall–Kier alpha value is -1.81. The van der Waals surface area contributed by atoms with E-state index in [-0.39, 0.29) is 35.6 Å². The number of hydrogen-bond donors (Lipinski definition) is 2. The second-order valence-corrected chi connectivity index (χ2v) is 8.06. The number of nitrogens with zero attached hydrogens (tertiary/aromatic N) is 4. The molecule has 0 amide bonds. The van der Waals surface area contributed by atoms with Gasteiger partial charge < -0.3 is 20.3 Å². The summed E-state index contributed by atoms with van der Waals surface area (Å²) in [7, 11) is 7.84. The summed E-state index contributed by atoms with van der Waals surface area (Å²) < 4.78 is 7.90. The van der Waals surface area contributed by atoms with Crippen LogP contribution in [0.25, 0.3) is 0 Å². The van der Waals surface area contributed by atoms with Crippen LogP contribution >= 0.6 is 24.0 Å². The van der Waals surface area contributed by atoms with Crippen LogP contribution < -0.4 is 15.4 Å². The Bertz CT molecular complexity index is 781. The molecular weight excluding hydrogens is 479 g/mol. The summed E-state index contributed by atoms with van der Waals surface area (Å²) in [4.78, 5) is 6.52. The Labute approximate surface area is 191 Å². The number of guanidine groups is 1. The molecule has 1 aromatic carbocycles. The van der Waals surface area contributed by atoms with Gasteiger partial charge in [0.25, 0.3) is 0 Å². The van der Waals surface area contributed by atoms with E-state index in [1.807, 2.05) is 42.3 Å². The number of aliphatic imine (C=N–C) groups is 1. The molecular formula is C21H35IN6O. The summed E-state index contributed by atoms with van der Waals surface area (Å²) in [6, 6.07) is 8.28. The zero-order valence-corrected chi connectivity index (χ0v) is 20.9. The standard InChI is InChI=1S/C21H34N6O.HI/c1-21(2,3)28-19-11-9-8-10-16(19)12-23-20(22-4)24-14-18(26(5)6)17-13-25-27(7)15-17;/h8-11,13,15,18H,12,14H2,1-7H3,(H2,22,23,24);1H. The maximum Gasteiger partial charge on any atom is 0.191 e. The highest BCUT2D eigenvalue weighted by Gasteiger charge is 2.17. The first-order valence-corrected chi connectivity index (χ1v) is 9.56. The van der Waals surface area contributed by atoms with E-state index >= 15 is 0 Å². The van der Waals surface area contributed by atoms with Crippen LogP contribution in [0.3, 0.4) is 0 Å². The summed E-state index contributed by atoms with van der Waals surface area (Å²) >= 11 is 0. The van der Waals surface area contributed by atoms with E-state index in [0.717, 1.165) is 23.8 Å². The minimum atomic E-state index is -0.237. The van der Waals surface area contributed by atoms with Crippen molar-refractivity contribution in [2.24, 2.45) is 12.0 Å². The van der Waals surface area contributed by atoms with Crippen molar-refractivity contribution in [3.63, 3.8) is 0 Å². The Balaban J connectivity index is 0.00000420. The molecule has 0 aliphatic heterocycles. The molecule has 1 atom stereocenters. The van der Waals surface area contributed by atoms with Crippen molar-refractivity contribution in [2.75, 3.05) is 27.7 Å². The summed E-state index contributed by atoms with van der Waals surface area (Å²) in [5, 5.41) is 11.1. The molecule has 2 N–H and O–H groups in total. The van der Waals surface area contributed by atoms with Gasteiger partial charge in [-0.2, -0.15) is 5.10 Å². The topological polar surface area (TPSA) is 66.7 Å². The van der Waals surface area contributed by atoms with Crippen LogP contribution in [0.2, 0.25) is 0 Å². The third-order valence-electron chi connectivity index (χ3n) is 4.25. The Kier molecular flexibility index (Phi) is 9.91. The fourth-order valence-corrected chi connectivity index (χ4v) is 2.88. The predicted molar refractivity (Wildman–Crippen MR) is 130 cm³/mol. The third kappa shape index (κ3) is 8.22. The third-order valence-corrected chi connectivity index (χ3v) is 4.25. The second-order valence-electron chi connectivity index (χ2n) is 8.06. The van der Waals surface area contributed by atoms with Gasteiger partial charge in [0.1, 0.15) is 11.4 Å². The molecule has 0 spiro atoms. The summed E-state index contributed by atoms with van der Waals surface area (Å²) in [6.45, 7) is 7.51. The van der Waals surface area contributed by atoms with Gasteiger partial charge in [0.15, 0.2) is 5.96 Å². The number of nitrogens with one attached hydrogen (secondary N) is 2. The fraction of sp³-hybridized carbons (Fsp3) is 0.524. The number of aryl methyl sites for hydroxylation is 1. The van der Waals surface area contributed by atoms with Crippen LogP contribution in [0, 0.1) is 0 Å². The fourth-order valence-electron chi connectivity index (χ4n) is 2.88. The molecule has 162 valence electrons. The van der Waals surface area contributed by atoms with E-state index in [4.69, 9.17) is 4.74 Å². The largest absolute Gasteiger partial charge is 0.488 e. The van der Waals surface area contributed by atoms with Crippen molar-refractivity contribution in [1.29, 1.82) is 0 Å². The number of benzene rings is 1. The molecule has 8 heteroatoms. The van der Waals surface area contributed by atoms with E-state index in [1.165, 1.54) is 5.56 Å². The highest BCUT2D eigenvalue weighted by atomic mass is 127. The molecule has 1 heterocycles. The first-order valence-electron chi connectivity index (χ1n) is 9.56. The normalized spacial score (nSPS) is 13.0. The van der Waals surface area contributed by atoms with E-state index < -0.39 is 0 Å². The van der Waals surface area contributed by atoms with Gasteiger partial charge in [-0.15, -0.1) is 24.0 Å². The van der Waals surface area contributed by atoms with E-state index in [9.17, 15) is 0 Å². The molecule has 0 fully saturated rings. The van der Waals surface area contributed by atoms with Crippen LogP contribution in [0.1, 0.15) is 37.9 Å². The molecule has 1 unspecified atom stereocenters. The van der Waals surface area contributed by atoms with Crippen molar-refractivity contribution >= 4 is 29.9 Å². The predicted octanol–water partition coefficient (Wildman–Crippen LogP) is 3.18. The number of rotatable bonds is 7. The Morgan fingerprint density at radius 3 is 2.48 bits per heavy atom. The van der Waals surface area contributed by atoms with Gasteiger partial charge in [0.2, 0.25) is 0 Å². The number of likely N-dealkylation sites (N-methyl/N-ethyl adjacent to an activating group) is 1. The summed E-state index contributed by atoms with van der Waals surface area (Å²) in [6.07, 6.45) is 3.95. The van der Waals surface area contributed by atoms with Crippen LogP contribution in [-0.2, 0) is 13.6 Å². The molecule has 0 bridgehead atoms. The van der Waals surface area contributed by atoms with Crippen molar-refractivity contribution in [2.45, 2.75) is 39.0 Å². The van der Waals surface area contributed by atoms with Gasteiger partial charge in [-0.3, -0.25) is 9.67 Å². The number of ether oxygens (including phenoxy) is 1. The molecule has 0 aliphatic carbocycles. The quantitative estimate of drug-likeness (QED) is 0.338. The molecule has 0 saturated carbocycles. The van der Waals surface area contributed by atoms with E-state index in [0.29, 0.717) is 6.54 Å². The summed E-state index contributed by atoms with van der Waals surface area (Å²) in [5.74, 6) is 1.64. The van der Waals surface area contributed by atoms with Gasteiger partial charge in [-0.05, 0) is 40.9 Å². The SMILES string of the molecule is CN=C(NCc1ccccc1OC(C)(C)C)NCC(c1cnn(C)c1)N(C)C.I. The van der Waals surface area contributed by atoms with Crippen LogP contribution in [0.4, 0.5) is 0 Å². The van der Waals surface area contributed by atoms with Crippen molar-refractivity contribution in [1.82, 2.24) is 25.3 Å². The maximum absolute atomic E-state index is 6.07. The Morgan fingerprint density at radius 2 is 1.93 bits per heavy atom. The highest BCUT2D eigenvalue weighted by molar-refractivity contribution is 14.0. The Morgan fingerprint density at radius 1 is 1.24 bits per heavy atom. The lowest BCUT2D eigenvalue weighted by Gasteiger charge is -2.25. The van der Waals surface area contributed by atoms with E-state index in [1.54, 1.807) is 7.05 Å². The lowest BCUT2D eigenvalue weighted by molar-refractivity contribution is 0.129. The molecule has 7 nitrogen and oxygen atoms in total. The monoisotopic (exact) mass is 514 g/mol. The van der Waals surface area contributed by atoms with Gasteiger partial charge in [0, 0.05) is 44.5 Å². The molecule has 0 aliphatic rings. The highest BCUT2D eigenvalue weighted by Crippen LogP contribution is 2.23. The van der Waals surface area contributed by atoms with E-state index in [2.05, 4.69) is 66.6 Å². The van der Waals surface area contributed by atoms with Crippen LogP contribution in [0.5, 0.6) is 5.75 Å². The molecule has 0 radical (unpaired) electrons. The van der Waals surface area contributed by atoms with Crippen molar-refractivity contribution < 1.29 is 4.74 Å². The first kappa shape index (κ1) is 25.2. The molecule has 0 saturated heterocycles.